The third-order valence-corrected chi connectivity index (χ3v) is 13.1. The zero-order chi connectivity index (χ0) is 44.3. The Morgan fingerprint density at radius 2 is 0.761 bits per heavy atom. The normalized spacial score (nSPS) is 11.6. The molecule has 2 heterocycles. The fourth-order valence-electron chi connectivity index (χ4n) is 9.76. The lowest BCUT2D eigenvalue weighted by atomic mass is 9.94. The number of nitrogens with zero attached hydrogens (tertiary/aromatic N) is 3. The summed E-state index contributed by atoms with van der Waals surface area (Å²) in [5.74, 6) is 1.76. The predicted molar refractivity (Wildman–Crippen MR) is 278 cm³/mol. The second-order valence-electron chi connectivity index (χ2n) is 17.2. The van der Waals surface area contributed by atoms with Crippen molar-refractivity contribution in [2.45, 2.75) is 0 Å². The van der Waals surface area contributed by atoms with Crippen molar-refractivity contribution in [1.29, 1.82) is 0 Å². The molecule has 2 aromatic heterocycles. The molecule has 0 spiro atoms. The molecule has 0 atom stereocenters. The third kappa shape index (κ3) is 6.91. The van der Waals surface area contributed by atoms with Crippen LogP contribution in [0.1, 0.15) is 0 Å². The zero-order valence-corrected chi connectivity index (χ0v) is 36.3. The van der Waals surface area contributed by atoms with Gasteiger partial charge >= 0.3 is 0 Å². The molecular weight excluding hydrogens is 815 g/mol. The fraction of sp³-hybridized carbons (Fsp3) is 0. The molecule has 312 valence electrons. The van der Waals surface area contributed by atoms with Crippen LogP contribution in [0.15, 0.2) is 241 Å². The fourth-order valence-corrected chi connectivity index (χ4v) is 9.76. The minimum Gasteiger partial charge on any atom is -0.456 e. The highest BCUT2D eigenvalue weighted by molar-refractivity contribution is 6.13. The van der Waals surface area contributed by atoms with E-state index >= 15 is 0 Å². The zero-order valence-electron chi connectivity index (χ0n) is 36.3. The summed E-state index contributed by atoms with van der Waals surface area (Å²) >= 11 is 0. The summed E-state index contributed by atoms with van der Waals surface area (Å²) < 4.78 is 6.53. The highest BCUT2D eigenvalue weighted by Gasteiger charge is 2.20. The van der Waals surface area contributed by atoms with Gasteiger partial charge in [-0.1, -0.05) is 194 Å². The van der Waals surface area contributed by atoms with Gasteiger partial charge in [-0.3, -0.25) is 0 Å². The van der Waals surface area contributed by atoms with Crippen molar-refractivity contribution < 1.29 is 4.42 Å². The van der Waals surface area contributed by atoms with Gasteiger partial charge in [-0.25, -0.2) is 15.0 Å². The molecule has 11 aromatic carbocycles. The van der Waals surface area contributed by atoms with Crippen LogP contribution in [-0.2, 0) is 0 Å². The third-order valence-electron chi connectivity index (χ3n) is 13.1. The van der Waals surface area contributed by atoms with Crippen LogP contribution >= 0.6 is 0 Å². The topological polar surface area (TPSA) is 51.8 Å². The van der Waals surface area contributed by atoms with Crippen LogP contribution in [0.2, 0.25) is 0 Å². The smallest absolute Gasteiger partial charge is 0.164 e. The molecule has 0 saturated carbocycles. The number of furan rings is 1. The van der Waals surface area contributed by atoms with E-state index in [2.05, 4.69) is 218 Å². The van der Waals surface area contributed by atoms with Gasteiger partial charge in [-0.15, -0.1) is 0 Å². The molecule has 0 aliphatic carbocycles. The van der Waals surface area contributed by atoms with Crippen molar-refractivity contribution in [1.82, 2.24) is 15.0 Å². The lowest BCUT2D eigenvalue weighted by molar-refractivity contribution is 0.669. The number of rotatable bonds is 7. The largest absolute Gasteiger partial charge is 0.456 e. The van der Waals surface area contributed by atoms with E-state index in [1.165, 1.54) is 33.0 Å². The SMILES string of the molecule is c1ccc(-c2ccc(-c3cc(-c4nc(-c5ccc6cc(-c7cccc8ccccc78)ccc6c5)nc(-c5cccc6oc7ccc(-c8ccccc8)cc7c56)n4)cc4ccccc34)cc2)cc1. The molecular formula is C63H39N3O. The van der Waals surface area contributed by atoms with E-state index in [4.69, 9.17) is 19.4 Å². The highest BCUT2D eigenvalue weighted by Crippen LogP contribution is 2.40. The number of fused-ring (bicyclic) bond motifs is 6. The van der Waals surface area contributed by atoms with Crippen LogP contribution in [0, 0.1) is 0 Å². The Labute approximate surface area is 387 Å². The lowest BCUT2D eigenvalue weighted by Crippen LogP contribution is -2.01. The predicted octanol–water partition coefficient (Wildman–Crippen LogP) is 16.9. The number of hydrogen-bond acceptors (Lipinski definition) is 4. The van der Waals surface area contributed by atoms with E-state index < -0.39 is 0 Å². The average molecular weight is 854 g/mol. The molecule has 0 amide bonds. The summed E-state index contributed by atoms with van der Waals surface area (Å²) in [6, 6.07) is 83.7. The minimum absolute atomic E-state index is 0.576. The van der Waals surface area contributed by atoms with Gasteiger partial charge in [-0.05, 0) is 119 Å². The van der Waals surface area contributed by atoms with Gasteiger partial charge < -0.3 is 4.42 Å². The molecule has 4 nitrogen and oxygen atoms in total. The van der Waals surface area contributed by atoms with E-state index in [0.717, 1.165) is 82.4 Å². The van der Waals surface area contributed by atoms with Crippen LogP contribution in [0.3, 0.4) is 0 Å². The van der Waals surface area contributed by atoms with E-state index in [9.17, 15) is 0 Å². The number of hydrogen-bond donors (Lipinski definition) is 0. The Morgan fingerprint density at radius 3 is 1.54 bits per heavy atom. The van der Waals surface area contributed by atoms with Crippen LogP contribution in [0.25, 0.3) is 133 Å². The summed E-state index contributed by atoms with van der Waals surface area (Å²) in [6.07, 6.45) is 0. The summed E-state index contributed by atoms with van der Waals surface area (Å²) in [4.78, 5) is 16.1. The van der Waals surface area contributed by atoms with Crippen molar-refractivity contribution in [2.24, 2.45) is 0 Å². The first-order valence-corrected chi connectivity index (χ1v) is 22.7. The van der Waals surface area contributed by atoms with Crippen molar-refractivity contribution in [2.75, 3.05) is 0 Å². The van der Waals surface area contributed by atoms with E-state index in [0.29, 0.717) is 17.5 Å². The average Bonchev–Trinajstić information content (AvgIpc) is 3.79. The maximum atomic E-state index is 6.53. The van der Waals surface area contributed by atoms with Crippen LogP contribution < -0.4 is 0 Å². The molecule has 0 aliphatic heterocycles. The van der Waals surface area contributed by atoms with Gasteiger partial charge in [0.25, 0.3) is 0 Å². The summed E-state index contributed by atoms with van der Waals surface area (Å²) in [7, 11) is 0. The van der Waals surface area contributed by atoms with Crippen molar-refractivity contribution in [3.63, 3.8) is 0 Å². The van der Waals surface area contributed by atoms with Crippen molar-refractivity contribution >= 4 is 54.3 Å². The molecule has 0 fully saturated rings. The first kappa shape index (κ1) is 38.5. The second kappa shape index (κ2) is 15.9. The Bertz CT molecular complexity index is 4020. The van der Waals surface area contributed by atoms with E-state index in [1.807, 2.05) is 18.2 Å². The molecule has 0 bridgehead atoms. The number of aromatic nitrogens is 3. The first-order valence-electron chi connectivity index (χ1n) is 22.7. The van der Waals surface area contributed by atoms with Gasteiger partial charge in [0.05, 0.1) is 0 Å². The van der Waals surface area contributed by atoms with E-state index in [-0.39, 0.29) is 0 Å². The van der Waals surface area contributed by atoms with Crippen LogP contribution in [0.4, 0.5) is 0 Å². The first-order chi connectivity index (χ1) is 33.2. The number of benzene rings is 11. The van der Waals surface area contributed by atoms with Crippen LogP contribution in [0.5, 0.6) is 0 Å². The van der Waals surface area contributed by atoms with Crippen molar-refractivity contribution in [3.05, 3.63) is 237 Å². The summed E-state index contributed by atoms with van der Waals surface area (Å²) in [5, 5.41) is 8.96. The van der Waals surface area contributed by atoms with Gasteiger partial charge in [0.15, 0.2) is 17.5 Å². The second-order valence-corrected chi connectivity index (χ2v) is 17.2. The van der Waals surface area contributed by atoms with Gasteiger partial charge in [0.1, 0.15) is 11.2 Å². The summed E-state index contributed by atoms with van der Waals surface area (Å²) in [6.45, 7) is 0. The Morgan fingerprint density at radius 1 is 0.239 bits per heavy atom. The van der Waals surface area contributed by atoms with Crippen LogP contribution in [-0.4, -0.2) is 15.0 Å². The van der Waals surface area contributed by atoms with Gasteiger partial charge in [-0.2, -0.15) is 0 Å². The lowest BCUT2D eigenvalue weighted by Gasteiger charge is -2.13. The monoisotopic (exact) mass is 853 g/mol. The quantitative estimate of drug-likeness (QED) is 0.160. The highest BCUT2D eigenvalue weighted by atomic mass is 16.3. The Hall–Kier alpha value is -8.99. The van der Waals surface area contributed by atoms with Crippen molar-refractivity contribution in [3.8, 4) is 78.7 Å². The molecule has 67 heavy (non-hydrogen) atoms. The molecule has 13 rings (SSSR count). The maximum Gasteiger partial charge on any atom is 0.164 e. The minimum atomic E-state index is 0.576. The molecule has 0 radical (unpaired) electrons. The Balaban J connectivity index is 0.996. The molecule has 0 N–H and O–H groups in total. The standard InChI is InChI=1S/C63H39N3O/c1-3-13-40(14-4-1)42-25-27-44(28-26-42)56-39-51(37-48-18-8-10-21-54(48)56)62-64-61(50-32-30-45-35-49(31-29-46(45)36-50)53-22-11-19-43-17-7-9-20-52(43)53)65-63(66-62)55-23-12-24-59-60(55)57-38-47(33-34-58(57)67-59)41-15-5-2-6-16-41/h1-39H. The molecule has 0 saturated heterocycles. The van der Waals surface area contributed by atoms with E-state index in [1.54, 1.807) is 0 Å². The molecule has 0 aliphatic rings. The summed E-state index contributed by atoms with van der Waals surface area (Å²) in [5.41, 5.74) is 13.5. The van der Waals surface area contributed by atoms with Gasteiger partial charge in [0.2, 0.25) is 0 Å². The van der Waals surface area contributed by atoms with Gasteiger partial charge in [0, 0.05) is 27.5 Å². The molecule has 13 aromatic rings. The Kier molecular flexibility index (Phi) is 9.14. The maximum absolute atomic E-state index is 6.53. The molecule has 0 unspecified atom stereocenters. The molecule has 4 heteroatoms.